The summed E-state index contributed by atoms with van der Waals surface area (Å²) in [5.41, 5.74) is 1.18. The summed E-state index contributed by atoms with van der Waals surface area (Å²) in [5.74, 6) is 0. The van der Waals surface area contributed by atoms with Gasteiger partial charge in [-0.15, -0.1) is 11.3 Å². The van der Waals surface area contributed by atoms with E-state index in [0.29, 0.717) is 6.10 Å². The standard InChI is InChI=1S/C12H22N2OS/c1-4-11-9-16-12(14-11)13-7-5-6-8-15-10(2)3/h9-10H,4-8H2,1-3H3,(H,13,14). The van der Waals surface area contributed by atoms with Crippen molar-refractivity contribution >= 4 is 16.5 Å². The van der Waals surface area contributed by atoms with E-state index < -0.39 is 0 Å². The second-order valence-corrected chi connectivity index (χ2v) is 4.91. The van der Waals surface area contributed by atoms with Crippen LogP contribution in [0.2, 0.25) is 0 Å². The van der Waals surface area contributed by atoms with Crippen molar-refractivity contribution in [2.45, 2.75) is 46.1 Å². The molecule has 0 fully saturated rings. The van der Waals surface area contributed by atoms with Crippen molar-refractivity contribution in [3.05, 3.63) is 11.1 Å². The van der Waals surface area contributed by atoms with Gasteiger partial charge in [0.05, 0.1) is 11.8 Å². The van der Waals surface area contributed by atoms with Gasteiger partial charge in [-0.05, 0) is 33.1 Å². The first-order valence-corrected chi connectivity index (χ1v) is 6.90. The molecule has 1 aromatic heterocycles. The van der Waals surface area contributed by atoms with Crippen molar-refractivity contribution in [3.63, 3.8) is 0 Å². The zero-order valence-electron chi connectivity index (χ0n) is 10.5. The summed E-state index contributed by atoms with van der Waals surface area (Å²) < 4.78 is 5.47. The largest absolute Gasteiger partial charge is 0.379 e. The SMILES string of the molecule is CCc1csc(NCCCCOC(C)C)n1. The summed E-state index contributed by atoms with van der Waals surface area (Å²) in [6.45, 7) is 8.11. The fourth-order valence-electron chi connectivity index (χ4n) is 1.29. The first-order valence-electron chi connectivity index (χ1n) is 6.02. The molecule has 0 aliphatic heterocycles. The molecule has 0 amide bonds. The molecule has 1 heterocycles. The Morgan fingerprint density at radius 3 is 2.88 bits per heavy atom. The van der Waals surface area contributed by atoms with Gasteiger partial charge in [0.15, 0.2) is 5.13 Å². The summed E-state index contributed by atoms with van der Waals surface area (Å²) in [6.07, 6.45) is 3.60. The predicted octanol–water partition coefficient (Wildman–Crippen LogP) is 3.32. The molecule has 0 aliphatic rings. The van der Waals surface area contributed by atoms with Gasteiger partial charge in [-0.1, -0.05) is 6.92 Å². The lowest BCUT2D eigenvalue weighted by Crippen LogP contribution is -2.06. The Hall–Kier alpha value is -0.610. The number of nitrogens with zero attached hydrogens (tertiary/aromatic N) is 1. The number of hydrogen-bond donors (Lipinski definition) is 1. The third-order valence-electron chi connectivity index (χ3n) is 2.21. The third-order valence-corrected chi connectivity index (χ3v) is 3.06. The maximum atomic E-state index is 5.47. The Kier molecular flexibility index (Phi) is 6.42. The number of ether oxygens (including phenoxy) is 1. The van der Waals surface area contributed by atoms with E-state index in [0.717, 1.165) is 37.5 Å². The highest BCUT2D eigenvalue weighted by Gasteiger charge is 1.99. The van der Waals surface area contributed by atoms with E-state index in [9.17, 15) is 0 Å². The number of thiazole rings is 1. The van der Waals surface area contributed by atoms with Crippen LogP contribution in [0.3, 0.4) is 0 Å². The van der Waals surface area contributed by atoms with E-state index in [1.54, 1.807) is 11.3 Å². The normalized spacial score (nSPS) is 11.0. The maximum Gasteiger partial charge on any atom is 0.182 e. The summed E-state index contributed by atoms with van der Waals surface area (Å²) in [5, 5.41) is 6.50. The lowest BCUT2D eigenvalue weighted by Gasteiger charge is -2.07. The molecule has 0 saturated heterocycles. The van der Waals surface area contributed by atoms with Crippen molar-refractivity contribution in [2.75, 3.05) is 18.5 Å². The second-order valence-electron chi connectivity index (χ2n) is 4.05. The molecule has 0 radical (unpaired) electrons. The maximum absolute atomic E-state index is 5.47. The Morgan fingerprint density at radius 2 is 2.25 bits per heavy atom. The van der Waals surface area contributed by atoms with E-state index >= 15 is 0 Å². The smallest absolute Gasteiger partial charge is 0.182 e. The fourth-order valence-corrected chi connectivity index (χ4v) is 2.11. The van der Waals surface area contributed by atoms with Crippen LogP contribution in [0.4, 0.5) is 5.13 Å². The summed E-state index contributed by atoms with van der Waals surface area (Å²) >= 11 is 1.69. The van der Waals surface area contributed by atoms with Crippen molar-refractivity contribution in [3.8, 4) is 0 Å². The van der Waals surface area contributed by atoms with E-state index in [1.165, 1.54) is 5.69 Å². The highest BCUT2D eigenvalue weighted by atomic mass is 32.1. The van der Waals surface area contributed by atoms with Gasteiger partial charge in [0, 0.05) is 18.5 Å². The van der Waals surface area contributed by atoms with Crippen LogP contribution in [-0.2, 0) is 11.2 Å². The Bertz CT molecular complexity index is 286. The van der Waals surface area contributed by atoms with Gasteiger partial charge in [-0.2, -0.15) is 0 Å². The molecule has 16 heavy (non-hydrogen) atoms. The first-order chi connectivity index (χ1) is 7.72. The van der Waals surface area contributed by atoms with E-state index in [-0.39, 0.29) is 0 Å². The van der Waals surface area contributed by atoms with E-state index in [2.05, 4.69) is 36.5 Å². The quantitative estimate of drug-likeness (QED) is 0.710. The first kappa shape index (κ1) is 13.5. The minimum absolute atomic E-state index is 0.346. The number of unbranched alkanes of at least 4 members (excludes halogenated alkanes) is 1. The Morgan fingerprint density at radius 1 is 1.44 bits per heavy atom. The molecule has 0 aliphatic carbocycles. The van der Waals surface area contributed by atoms with E-state index in [4.69, 9.17) is 4.74 Å². The van der Waals surface area contributed by atoms with Crippen LogP contribution in [0.25, 0.3) is 0 Å². The minimum Gasteiger partial charge on any atom is -0.379 e. The lowest BCUT2D eigenvalue weighted by molar-refractivity contribution is 0.0765. The van der Waals surface area contributed by atoms with Gasteiger partial charge in [-0.3, -0.25) is 0 Å². The number of hydrogen-bond acceptors (Lipinski definition) is 4. The molecule has 0 bridgehead atoms. The average Bonchev–Trinajstić information content (AvgIpc) is 2.70. The van der Waals surface area contributed by atoms with Crippen LogP contribution in [0.1, 0.15) is 39.3 Å². The molecule has 0 saturated carbocycles. The molecule has 92 valence electrons. The highest BCUT2D eigenvalue weighted by Crippen LogP contribution is 2.15. The van der Waals surface area contributed by atoms with Crippen LogP contribution >= 0.6 is 11.3 Å². The number of aromatic nitrogens is 1. The van der Waals surface area contributed by atoms with Crippen LogP contribution in [-0.4, -0.2) is 24.2 Å². The lowest BCUT2D eigenvalue weighted by atomic mass is 10.3. The Labute approximate surface area is 102 Å². The molecule has 4 heteroatoms. The summed E-state index contributed by atoms with van der Waals surface area (Å²) in [7, 11) is 0. The molecular formula is C12H22N2OS. The van der Waals surface area contributed by atoms with Gasteiger partial charge >= 0.3 is 0 Å². The number of nitrogens with one attached hydrogen (secondary N) is 1. The van der Waals surface area contributed by atoms with Gasteiger partial charge in [0.1, 0.15) is 0 Å². The van der Waals surface area contributed by atoms with Crippen molar-refractivity contribution < 1.29 is 4.74 Å². The van der Waals surface area contributed by atoms with Gasteiger partial charge in [0.2, 0.25) is 0 Å². The average molecular weight is 242 g/mol. The minimum atomic E-state index is 0.346. The molecule has 0 aromatic carbocycles. The van der Waals surface area contributed by atoms with Gasteiger partial charge in [-0.25, -0.2) is 4.98 Å². The number of rotatable bonds is 8. The van der Waals surface area contributed by atoms with Crippen LogP contribution in [0.5, 0.6) is 0 Å². The zero-order valence-corrected chi connectivity index (χ0v) is 11.3. The monoisotopic (exact) mass is 242 g/mol. The van der Waals surface area contributed by atoms with Crippen molar-refractivity contribution in [2.24, 2.45) is 0 Å². The molecule has 1 N–H and O–H groups in total. The molecule has 0 spiro atoms. The van der Waals surface area contributed by atoms with Crippen LogP contribution in [0.15, 0.2) is 5.38 Å². The number of anilines is 1. The molecule has 0 atom stereocenters. The molecule has 1 aromatic rings. The molecule has 3 nitrogen and oxygen atoms in total. The summed E-state index contributed by atoms with van der Waals surface area (Å²) in [4.78, 5) is 4.45. The highest BCUT2D eigenvalue weighted by molar-refractivity contribution is 7.13. The predicted molar refractivity (Wildman–Crippen MR) is 70.3 cm³/mol. The molecule has 1 rings (SSSR count). The third kappa shape index (κ3) is 5.47. The second kappa shape index (κ2) is 7.63. The van der Waals surface area contributed by atoms with Crippen molar-refractivity contribution in [1.29, 1.82) is 0 Å². The fraction of sp³-hybridized carbons (Fsp3) is 0.750. The van der Waals surface area contributed by atoms with Gasteiger partial charge < -0.3 is 10.1 Å². The van der Waals surface area contributed by atoms with E-state index in [1.807, 2.05) is 0 Å². The number of aryl methyl sites for hydroxylation is 1. The Balaban J connectivity index is 2.02. The zero-order chi connectivity index (χ0) is 11.8. The molecular weight excluding hydrogens is 220 g/mol. The van der Waals surface area contributed by atoms with Crippen molar-refractivity contribution in [1.82, 2.24) is 4.98 Å². The topological polar surface area (TPSA) is 34.1 Å². The van der Waals surface area contributed by atoms with Crippen LogP contribution < -0.4 is 5.32 Å². The molecule has 0 unspecified atom stereocenters. The van der Waals surface area contributed by atoms with Gasteiger partial charge in [0.25, 0.3) is 0 Å². The van der Waals surface area contributed by atoms with Crippen LogP contribution in [0, 0.1) is 0 Å². The summed E-state index contributed by atoms with van der Waals surface area (Å²) in [6, 6.07) is 0.